The average Bonchev–Trinajstić information content (AvgIpc) is 3.04. The molecule has 0 aliphatic carbocycles. The third kappa shape index (κ3) is 2.10. The van der Waals surface area contributed by atoms with Gasteiger partial charge in [-0.25, -0.2) is 0 Å². The van der Waals surface area contributed by atoms with Crippen LogP contribution in [0.25, 0.3) is 0 Å². The Morgan fingerprint density at radius 1 is 1.48 bits per heavy atom. The number of hydrogen-bond donors (Lipinski definition) is 2. The van der Waals surface area contributed by atoms with Crippen molar-refractivity contribution in [2.75, 3.05) is 5.32 Å². The summed E-state index contributed by atoms with van der Waals surface area (Å²) in [6.45, 7) is 6.22. The largest absolute Gasteiger partial charge is 0.384 e. The van der Waals surface area contributed by atoms with Crippen molar-refractivity contribution in [2.45, 2.75) is 32.1 Å². The first-order valence-electron chi connectivity index (χ1n) is 6.63. The zero-order valence-corrected chi connectivity index (χ0v) is 12.9. The predicted octanol–water partition coefficient (Wildman–Crippen LogP) is 3.28. The van der Waals surface area contributed by atoms with Crippen molar-refractivity contribution in [3.63, 3.8) is 0 Å². The molecule has 3 rings (SSSR count). The molecule has 0 amide bonds. The molecule has 0 radical (unpaired) electrons. The molecular formula is C15H16N4OS. The van der Waals surface area contributed by atoms with Gasteiger partial charge in [0.05, 0.1) is 28.8 Å². The fourth-order valence-corrected chi connectivity index (χ4v) is 3.39. The van der Waals surface area contributed by atoms with E-state index in [0.717, 1.165) is 16.1 Å². The third-order valence-corrected chi connectivity index (χ3v) is 4.44. The second-order valence-electron chi connectivity index (χ2n) is 6.04. The third-order valence-electron chi connectivity index (χ3n) is 3.50. The van der Waals surface area contributed by atoms with Crippen molar-refractivity contribution in [3.8, 4) is 6.07 Å². The van der Waals surface area contributed by atoms with E-state index in [0.29, 0.717) is 17.3 Å². The van der Waals surface area contributed by atoms with Gasteiger partial charge in [0.15, 0.2) is 0 Å². The summed E-state index contributed by atoms with van der Waals surface area (Å²) in [6.07, 6.45) is 0. The fourth-order valence-electron chi connectivity index (χ4n) is 2.55. The predicted molar refractivity (Wildman–Crippen MR) is 81.8 cm³/mol. The second kappa shape index (κ2) is 4.64. The van der Waals surface area contributed by atoms with Gasteiger partial charge in [0.1, 0.15) is 5.82 Å². The van der Waals surface area contributed by atoms with Gasteiger partial charge in [0.2, 0.25) is 5.88 Å². The van der Waals surface area contributed by atoms with Gasteiger partial charge < -0.3 is 15.6 Å². The second-order valence-corrected chi connectivity index (χ2v) is 7.02. The van der Waals surface area contributed by atoms with Crippen LogP contribution in [0.3, 0.4) is 0 Å². The molecule has 6 heteroatoms. The topological polar surface area (TPSA) is 87.9 Å². The van der Waals surface area contributed by atoms with Crippen LogP contribution in [0.1, 0.15) is 42.8 Å². The van der Waals surface area contributed by atoms with Crippen molar-refractivity contribution < 1.29 is 4.52 Å². The number of fused-ring (bicyclic) bond motifs is 1. The SMILES string of the molecule is CC(C)(C)c1noc2c1[C@H](c1cccs1)C(C#N)=C(N)N2. The Morgan fingerprint density at radius 2 is 2.24 bits per heavy atom. The molecular weight excluding hydrogens is 284 g/mol. The lowest BCUT2D eigenvalue weighted by atomic mass is 9.80. The maximum Gasteiger partial charge on any atom is 0.234 e. The average molecular weight is 300 g/mol. The molecule has 1 atom stereocenters. The molecule has 3 N–H and O–H groups in total. The lowest BCUT2D eigenvalue weighted by molar-refractivity contribution is 0.404. The maximum atomic E-state index is 9.51. The minimum absolute atomic E-state index is 0.180. The number of allylic oxidation sites excluding steroid dienone is 1. The Labute approximate surface area is 127 Å². The summed E-state index contributed by atoms with van der Waals surface area (Å²) in [5.74, 6) is 0.654. The van der Waals surface area contributed by atoms with Gasteiger partial charge in [-0.3, -0.25) is 0 Å². The summed E-state index contributed by atoms with van der Waals surface area (Å²) < 4.78 is 5.43. The molecule has 0 unspecified atom stereocenters. The summed E-state index contributed by atoms with van der Waals surface area (Å²) in [5, 5.41) is 18.7. The van der Waals surface area contributed by atoms with Crippen LogP contribution in [0.2, 0.25) is 0 Å². The number of nitriles is 1. The molecule has 0 spiro atoms. The first-order chi connectivity index (χ1) is 9.93. The Hall–Kier alpha value is -2.26. The van der Waals surface area contributed by atoms with Gasteiger partial charge >= 0.3 is 0 Å². The Bertz CT molecular complexity index is 744. The van der Waals surface area contributed by atoms with Crippen LogP contribution in [0.15, 0.2) is 33.4 Å². The van der Waals surface area contributed by atoms with Gasteiger partial charge in [-0.05, 0) is 11.4 Å². The zero-order valence-electron chi connectivity index (χ0n) is 12.1. The molecule has 108 valence electrons. The van der Waals surface area contributed by atoms with Crippen LogP contribution in [0, 0.1) is 11.3 Å². The summed E-state index contributed by atoms with van der Waals surface area (Å²) in [4.78, 5) is 1.06. The number of hydrogen-bond acceptors (Lipinski definition) is 6. The molecule has 0 saturated carbocycles. The van der Waals surface area contributed by atoms with E-state index in [-0.39, 0.29) is 11.3 Å². The van der Waals surface area contributed by atoms with Crippen molar-refractivity contribution in [1.29, 1.82) is 5.26 Å². The van der Waals surface area contributed by atoms with E-state index in [1.807, 2.05) is 17.5 Å². The van der Waals surface area contributed by atoms with Crippen LogP contribution >= 0.6 is 11.3 Å². The summed E-state index contributed by atoms with van der Waals surface area (Å²) in [6, 6.07) is 6.21. The van der Waals surface area contributed by atoms with Gasteiger partial charge in [-0.1, -0.05) is 32.0 Å². The van der Waals surface area contributed by atoms with E-state index < -0.39 is 0 Å². The Kier molecular flexibility index (Phi) is 3.03. The summed E-state index contributed by atoms with van der Waals surface area (Å²) >= 11 is 1.60. The van der Waals surface area contributed by atoms with Crippen LogP contribution in [0.5, 0.6) is 0 Å². The molecule has 2 aromatic heterocycles. The van der Waals surface area contributed by atoms with E-state index in [9.17, 15) is 5.26 Å². The van der Waals surface area contributed by atoms with E-state index in [1.165, 1.54) is 0 Å². The lowest BCUT2D eigenvalue weighted by Crippen LogP contribution is -2.24. The van der Waals surface area contributed by atoms with Crippen LogP contribution in [-0.2, 0) is 5.41 Å². The molecule has 0 saturated heterocycles. The first kappa shape index (κ1) is 13.7. The van der Waals surface area contributed by atoms with Crippen molar-refractivity contribution in [1.82, 2.24) is 5.16 Å². The smallest absolute Gasteiger partial charge is 0.234 e. The lowest BCUT2D eigenvalue weighted by Gasteiger charge is -2.25. The molecule has 1 aliphatic rings. The van der Waals surface area contributed by atoms with Crippen molar-refractivity contribution >= 4 is 17.2 Å². The molecule has 0 aromatic carbocycles. The Balaban J connectivity index is 2.26. The molecule has 21 heavy (non-hydrogen) atoms. The normalized spacial score (nSPS) is 18.1. The number of nitrogens with two attached hydrogens (primary N) is 1. The van der Waals surface area contributed by atoms with E-state index in [2.05, 4.69) is 37.3 Å². The van der Waals surface area contributed by atoms with Gasteiger partial charge in [0.25, 0.3) is 0 Å². The highest BCUT2D eigenvalue weighted by Crippen LogP contribution is 2.46. The highest BCUT2D eigenvalue weighted by Gasteiger charge is 2.38. The van der Waals surface area contributed by atoms with Gasteiger partial charge in [0, 0.05) is 10.3 Å². The molecule has 3 heterocycles. The Morgan fingerprint density at radius 3 is 2.81 bits per heavy atom. The number of rotatable bonds is 1. The van der Waals surface area contributed by atoms with Gasteiger partial charge in [-0.15, -0.1) is 11.3 Å². The molecule has 0 bridgehead atoms. The number of aromatic nitrogens is 1. The molecule has 1 aliphatic heterocycles. The monoisotopic (exact) mass is 300 g/mol. The number of nitrogens with zero attached hydrogens (tertiary/aromatic N) is 2. The summed E-state index contributed by atoms with van der Waals surface area (Å²) in [5.41, 5.74) is 8.08. The highest BCUT2D eigenvalue weighted by molar-refractivity contribution is 7.10. The summed E-state index contributed by atoms with van der Waals surface area (Å²) in [7, 11) is 0. The highest BCUT2D eigenvalue weighted by atomic mass is 32.1. The minimum atomic E-state index is -0.216. The zero-order chi connectivity index (χ0) is 15.2. The fraction of sp³-hybridized carbons (Fsp3) is 0.333. The van der Waals surface area contributed by atoms with E-state index >= 15 is 0 Å². The van der Waals surface area contributed by atoms with Crippen molar-refractivity contribution in [2.24, 2.45) is 5.73 Å². The standard InChI is InChI=1S/C15H16N4OS/c1-15(2,3)12-11-10(9-5-4-6-21-9)8(7-16)13(17)18-14(11)20-19-12/h4-6,10,18H,17H2,1-3H3/t10-/m0/s1. The number of anilines is 1. The quantitative estimate of drug-likeness (QED) is 0.843. The molecule has 2 aromatic rings. The van der Waals surface area contributed by atoms with Crippen molar-refractivity contribution in [3.05, 3.63) is 45.0 Å². The maximum absolute atomic E-state index is 9.51. The van der Waals surface area contributed by atoms with Crippen LogP contribution in [0.4, 0.5) is 5.88 Å². The first-order valence-corrected chi connectivity index (χ1v) is 7.51. The van der Waals surface area contributed by atoms with E-state index in [4.69, 9.17) is 10.3 Å². The number of thiophene rings is 1. The minimum Gasteiger partial charge on any atom is -0.384 e. The van der Waals surface area contributed by atoms with Crippen LogP contribution in [-0.4, -0.2) is 5.16 Å². The van der Waals surface area contributed by atoms with E-state index in [1.54, 1.807) is 11.3 Å². The van der Waals surface area contributed by atoms with Crippen LogP contribution < -0.4 is 11.1 Å². The number of nitrogens with one attached hydrogen (secondary N) is 1. The molecule has 5 nitrogen and oxygen atoms in total. The van der Waals surface area contributed by atoms with Gasteiger partial charge in [-0.2, -0.15) is 5.26 Å². The molecule has 0 fully saturated rings.